The second-order valence-corrected chi connectivity index (χ2v) is 7.03. The molecule has 156 valence electrons. The lowest BCUT2D eigenvalue weighted by Gasteiger charge is -2.18. The number of ether oxygens (including phenoxy) is 3. The number of rotatable bonds is 8. The van der Waals surface area contributed by atoms with Crippen LogP contribution in [0.5, 0.6) is 11.5 Å². The molecule has 0 saturated carbocycles. The maximum atomic E-state index is 12.6. The first kappa shape index (κ1) is 22.6. The molecule has 6 nitrogen and oxygen atoms in total. The summed E-state index contributed by atoms with van der Waals surface area (Å²) in [6, 6.07) is 10.5. The number of hydrogen-bond donors (Lipinski definition) is 1. The molecule has 0 radical (unpaired) electrons. The van der Waals surface area contributed by atoms with Gasteiger partial charge in [-0.05, 0) is 43.0 Å². The average Bonchev–Trinajstić information content (AvgIpc) is 2.72. The minimum Gasteiger partial charge on any atom is -0.493 e. The van der Waals surface area contributed by atoms with Gasteiger partial charge in [0.15, 0.2) is 17.6 Å². The van der Waals surface area contributed by atoms with Gasteiger partial charge in [-0.1, -0.05) is 43.6 Å². The molecule has 1 N–H and O–H groups in total. The van der Waals surface area contributed by atoms with Crippen molar-refractivity contribution >= 4 is 29.2 Å². The Kier molecular flexibility index (Phi) is 7.91. The van der Waals surface area contributed by atoms with Crippen LogP contribution in [0.4, 0.5) is 5.69 Å². The molecule has 0 saturated heterocycles. The number of esters is 1. The van der Waals surface area contributed by atoms with Crippen LogP contribution in [-0.4, -0.2) is 32.2 Å². The summed E-state index contributed by atoms with van der Waals surface area (Å²) in [5, 5.41) is 3.05. The molecule has 2 atom stereocenters. The Morgan fingerprint density at radius 3 is 2.41 bits per heavy atom. The lowest BCUT2D eigenvalue weighted by atomic mass is 9.97. The molecule has 0 unspecified atom stereocenters. The molecular formula is C22H26ClNO5. The van der Waals surface area contributed by atoms with Crippen molar-refractivity contribution in [2.45, 2.75) is 39.2 Å². The highest BCUT2D eigenvalue weighted by atomic mass is 35.5. The molecule has 0 aliphatic heterocycles. The zero-order valence-electron chi connectivity index (χ0n) is 17.2. The Morgan fingerprint density at radius 2 is 1.79 bits per heavy atom. The van der Waals surface area contributed by atoms with Crippen molar-refractivity contribution in [3.8, 4) is 11.5 Å². The fraction of sp³-hybridized carbons (Fsp3) is 0.364. The van der Waals surface area contributed by atoms with Crippen LogP contribution >= 0.6 is 11.6 Å². The van der Waals surface area contributed by atoms with E-state index in [9.17, 15) is 9.59 Å². The van der Waals surface area contributed by atoms with Crippen LogP contribution < -0.4 is 14.8 Å². The Morgan fingerprint density at radius 1 is 1.10 bits per heavy atom. The SMILES string of the molecule is CC[C@@H](C)c1ccccc1NC(=O)[C@H](C)OC(=O)c1cc(Cl)c(OC)c(OC)c1. The van der Waals surface area contributed by atoms with Gasteiger partial charge in [0, 0.05) is 5.69 Å². The number of nitrogens with one attached hydrogen (secondary N) is 1. The molecule has 0 spiro atoms. The molecular weight excluding hydrogens is 394 g/mol. The van der Waals surface area contributed by atoms with Crippen LogP contribution in [0.15, 0.2) is 36.4 Å². The number of benzene rings is 2. The normalized spacial score (nSPS) is 12.6. The van der Waals surface area contributed by atoms with Crippen molar-refractivity contribution in [3.05, 3.63) is 52.5 Å². The van der Waals surface area contributed by atoms with Crippen LogP contribution in [0.25, 0.3) is 0 Å². The van der Waals surface area contributed by atoms with Gasteiger partial charge in [-0.25, -0.2) is 4.79 Å². The third kappa shape index (κ3) is 5.41. The molecule has 0 aliphatic rings. The van der Waals surface area contributed by atoms with Crippen LogP contribution in [0.2, 0.25) is 5.02 Å². The summed E-state index contributed by atoms with van der Waals surface area (Å²) in [6.07, 6.45) is -0.0586. The molecule has 0 aliphatic carbocycles. The minimum absolute atomic E-state index is 0.160. The van der Waals surface area contributed by atoms with E-state index in [1.807, 2.05) is 24.3 Å². The van der Waals surface area contributed by atoms with Gasteiger partial charge in [0.25, 0.3) is 5.91 Å². The summed E-state index contributed by atoms with van der Waals surface area (Å²) in [5.74, 6) is -0.200. The van der Waals surface area contributed by atoms with Gasteiger partial charge in [-0.15, -0.1) is 0 Å². The molecule has 0 aromatic heterocycles. The van der Waals surface area contributed by atoms with Gasteiger partial charge in [-0.2, -0.15) is 0 Å². The number of hydrogen-bond acceptors (Lipinski definition) is 5. The number of methoxy groups -OCH3 is 2. The lowest BCUT2D eigenvalue weighted by molar-refractivity contribution is -0.123. The van der Waals surface area contributed by atoms with Crippen molar-refractivity contribution in [1.29, 1.82) is 0 Å². The predicted molar refractivity (Wildman–Crippen MR) is 113 cm³/mol. The minimum atomic E-state index is -1.00. The van der Waals surface area contributed by atoms with E-state index in [0.717, 1.165) is 12.0 Å². The summed E-state index contributed by atoms with van der Waals surface area (Å²) in [5.41, 5.74) is 1.91. The summed E-state index contributed by atoms with van der Waals surface area (Å²) < 4.78 is 15.7. The van der Waals surface area contributed by atoms with E-state index in [4.69, 9.17) is 25.8 Å². The van der Waals surface area contributed by atoms with Crippen LogP contribution in [-0.2, 0) is 9.53 Å². The first-order valence-corrected chi connectivity index (χ1v) is 9.72. The van der Waals surface area contributed by atoms with Gasteiger partial charge in [0.1, 0.15) is 0 Å². The Bertz CT molecular complexity index is 884. The predicted octanol–water partition coefficient (Wildman–Crippen LogP) is 5.05. The van der Waals surface area contributed by atoms with Gasteiger partial charge >= 0.3 is 5.97 Å². The monoisotopic (exact) mass is 419 g/mol. The topological polar surface area (TPSA) is 73.9 Å². The van der Waals surface area contributed by atoms with Crippen molar-refractivity contribution in [3.63, 3.8) is 0 Å². The molecule has 29 heavy (non-hydrogen) atoms. The summed E-state index contributed by atoms with van der Waals surface area (Å²) >= 11 is 6.13. The fourth-order valence-corrected chi connectivity index (χ4v) is 3.10. The average molecular weight is 420 g/mol. The van der Waals surface area contributed by atoms with Crippen LogP contribution in [0, 0.1) is 0 Å². The van der Waals surface area contributed by atoms with Crippen molar-refractivity contribution in [2.75, 3.05) is 19.5 Å². The second kappa shape index (κ2) is 10.2. The first-order chi connectivity index (χ1) is 13.8. The maximum absolute atomic E-state index is 12.6. The zero-order chi connectivity index (χ0) is 21.6. The second-order valence-electron chi connectivity index (χ2n) is 6.63. The highest BCUT2D eigenvalue weighted by Crippen LogP contribution is 2.36. The van der Waals surface area contributed by atoms with E-state index in [-0.39, 0.29) is 10.6 Å². The number of para-hydroxylation sites is 1. The summed E-state index contributed by atoms with van der Waals surface area (Å²) in [4.78, 5) is 25.1. The van der Waals surface area contributed by atoms with E-state index in [2.05, 4.69) is 19.2 Å². The number of anilines is 1. The standard InChI is InChI=1S/C22H26ClNO5/c1-6-13(2)16-9-7-8-10-18(16)24-21(25)14(3)29-22(26)15-11-17(23)20(28-5)19(12-15)27-4/h7-14H,6H2,1-5H3,(H,24,25)/t13-,14+/m1/s1. The molecule has 0 heterocycles. The first-order valence-electron chi connectivity index (χ1n) is 9.34. The third-order valence-electron chi connectivity index (χ3n) is 4.68. The lowest BCUT2D eigenvalue weighted by Crippen LogP contribution is -2.30. The summed E-state index contributed by atoms with van der Waals surface area (Å²) in [7, 11) is 2.89. The number of carbonyl (C=O) groups excluding carboxylic acids is 2. The fourth-order valence-electron chi connectivity index (χ4n) is 2.81. The van der Waals surface area contributed by atoms with Crippen LogP contribution in [0.1, 0.15) is 49.0 Å². The van der Waals surface area contributed by atoms with Gasteiger partial charge in [-0.3, -0.25) is 4.79 Å². The molecule has 0 fully saturated rings. The van der Waals surface area contributed by atoms with Crippen molar-refractivity contribution in [1.82, 2.24) is 0 Å². The molecule has 1 amide bonds. The van der Waals surface area contributed by atoms with Gasteiger partial charge < -0.3 is 19.5 Å². The highest BCUT2D eigenvalue weighted by Gasteiger charge is 2.22. The largest absolute Gasteiger partial charge is 0.493 e. The summed E-state index contributed by atoms with van der Waals surface area (Å²) in [6.45, 7) is 5.69. The van der Waals surface area contributed by atoms with Gasteiger partial charge in [0.2, 0.25) is 0 Å². The van der Waals surface area contributed by atoms with Gasteiger partial charge in [0.05, 0.1) is 24.8 Å². The van der Waals surface area contributed by atoms with E-state index in [0.29, 0.717) is 23.1 Å². The highest BCUT2D eigenvalue weighted by molar-refractivity contribution is 6.32. The quantitative estimate of drug-likeness (QED) is 0.605. The van der Waals surface area contributed by atoms with Crippen LogP contribution in [0.3, 0.4) is 0 Å². The van der Waals surface area contributed by atoms with E-state index in [1.165, 1.54) is 33.3 Å². The van der Waals surface area contributed by atoms with E-state index < -0.39 is 18.0 Å². The number of carbonyl (C=O) groups is 2. The van der Waals surface area contributed by atoms with Crippen molar-refractivity contribution in [2.24, 2.45) is 0 Å². The molecule has 2 aromatic carbocycles. The Balaban J connectivity index is 2.13. The van der Waals surface area contributed by atoms with Crippen molar-refractivity contribution < 1.29 is 23.8 Å². The number of halogens is 1. The maximum Gasteiger partial charge on any atom is 0.339 e. The molecule has 2 rings (SSSR count). The van der Waals surface area contributed by atoms with E-state index in [1.54, 1.807) is 0 Å². The smallest absolute Gasteiger partial charge is 0.339 e. The Hall–Kier alpha value is -2.73. The molecule has 0 bridgehead atoms. The number of amides is 1. The molecule has 7 heteroatoms. The zero-order valence-corrected chi connectivity index (χ0v) is 18.0. The third-order valence-corrected chi connectivity index (χ3v) is 4.97. The Labute approximate surface area is 176 Å². The van der Waals surface area contributed by atoms with E-state index >= 15 is 0 Å². The molecule has 2 aromatic rings.